The number of alkyl halides is 3. The molecule has 22 heavy (non-hydrogen) atoms. The SMILES string of the molecule is CC(=O)NC1=NC=CC(c2ccc(Br)cc2F)(C(F)(F)F)C1. The van der Waals surface area contributed by atoms with Gasteiger partial charge in [-0.3, -0.25) is 4.79 Å². The third kappa shape index (κ3) is 3.06. The minimum absolute atomic E-state index is 0.158. The Morgan fingerprint density at radius 1 is 1.41 bits per heavy atom. The molecule has 0 bridgehead atoms. The molecule has 0 aromatic heterocycles. The average Bonchev–Trinajstić information content (AvgIpc) is 2.36. The quantitative estimate of drug-likeness (QED) is 0.741. The Morgan fingerprint density at radius 3 is 2.64 bits per heavy atom. The first kappa shape index (κ1) is 16.7. The molecule has 2 rings (SSSR count). The summed E-state index contributed by atoms with van der Waals surface area (Å²) in [4.78, 5) is 14.8. The summed E-state index contributed by atoms with van der Waals surface area (Å²) in [6.45, 7) is 1.16. The van der Waals surface area contributed by atoms with Gasteiger partial charge in [-0.1, -0.05) is 22.0 Å². The van der Waals surface area contributed by atoms with Gasteiger partial charge in [-0.05, 0) is 18.2 Å². The van der Waals surface area contributed by atoms with E-state index in [9.17, 15) is 22.4 Å². The van der Waals surface area contributed by atoms with E-state index in [-0.39, 0.29) is 5.84 Å². The number of carbonyl (C=O) groups is 1. The maximum atomic E-state index is 14.1. The number of aliphatic imine (C=N–C) groups is 1. The molecule has 0 saturated carbocycles. The summed E-state index contributed by atoms with van der Waals surface area (Å²) in [6, 6.07) is 3.39. The van der Waals surface area contributed by atoms with Crippen LogP contribution in [0.5, 0.6) is 0 Å². The lowest BCUT2D eigenvalue weighted by atomic mass is 9.75. The number of allylic oxidation sites excluding steroid dienone is 1. The minimum Gasteiger partial charge on any atom is -0.314 e. The van der Waals surface area contributed by atoms with Crippen molar-refractivity contribution in [2.24, 2.45) is 4.99 Å². The highest BCUT2D eigenvalue weighted by Gasteiger charge is 2.56. The average molecular weight is 379 g/mol. The van der Waals surface area contributed by atoms with E-state index in [1.165, 1.54) is 6.07 Å². The summed E-state index contributed by atoms with van der Waals surface area (Å²) in [5.41, 5.74) is -3.09. The van der Waals surface area contributed by atoms with Crippen LogP contribution in [-0.4, -0.2) is 17.9 Å². The molecule has 8 heteroatoms. The number of benzene rings is 1. The third-order valence-electron chi connectivity index (χ3n) is 3.27. The van der Waals surface area contributed by atoms with Gasteiger partial charge in [0.2, 0.25) is 5.91 Å². The van der Waals surface area contributed by atoms with E-state index in [1.54, 1.807) is 0 Å². The van der Waals surface area contributed by atoms with Gasteiger partial charge in [0, 0.05) is 29.6 Å². The molecule has 118 valence electrons. The van der Waals surface area contributed by atoms with Crippen molar-refractivity contribution < 1.29 is 22.4 Å². The highest BCUT2D eigenvalue weighted by Crippen LogP contribution is 2.47. The Balaban J connectivity index is 2.54. The molecule has 0 saturated heterocycles. The van der Waals surface area contributed by atoms with E-state index in [0.717, 1.165) is 31.3 Å². The normalized spacial score (nSPS) is 21.5. The fourth-order valence-corrected chi connectivity index (χ4v) is 2.62. The number of carbonyl (C=O) groups excluding carboxylic acids is 1. The molecular weight excluding hydrogens is 368 g/mol. The number of rotatable bonds is 1. The Labute approximate surface area is 132 Å². The first-order valence-corrected chi connectivity index (χ1v) is 6.99. The topological polar surface area (TPSA) is 41.5 Å². The second kappa shape index (κ2) is 5.83. The Morgan fingerprint density at radius 2 is 2.09 bits per heavy atom. The molecular formula is C14H11BrF4N2O. The summed E-state index contributed by atoms with van der Waals surface area (Å²) in [5, 5.41) is 2.24. The van der Waals surface area contributed by atoms with Crippen LogP contribution in [0.3, 0.4) is 0 Å². The number of nitrogens with zero attached hydrogens (tertiary/aromatic N) is 1. The highest BCUT2D eigenvalue weighted by molar-refractivity contribution is 9.10. The molecule has 1 aromatic carbocycles. The second-order valence-electron chi connectivity index (χ2n) is 4.84. The van der Waals surface area contributed by atoms with Gasteiger partial charge in [0.05, 0.1) is 0 Å². The van der Waals surface area contributed by atoms with Gasteiger partial charge in [0.1, 0.15) is 17.1 Å². The van der Waals surface area contributed by atoms with Gasteiger partial charge in [-0.25, -0.2) is 9.38 Å². The summed E-state index contributed by atoms with van der Waals surface area (Å²) in [5.74, 6) is -1.68. The summed E-state index contributed by atoms with van der Waals surface area (Å²) < 4.78 is 55.5. The maximum Gasteiger partial charge on any atom is 0.402 e. The van der Waals surface area contributed by atoms with Gasteiger partial charge >= 0.3 is 6.18 Å². The summed E-state index contributed by atoms with van der Waals surface area (Å²) >= 11 is 3.01. The molecule has 1 amide bonds. The smallest absolute Gasteiger partial charge is 0.314 e. The van der Waals surface area contributed by atoms with Crippen molar-refractivity contribution in [1.82, 2.24) is 5.32 Å². The van der Waals surface area contributed by atoms with Crippen molar-refractivity contribution in [1.29, 1.82) is 0 Å². The zero-order valence-corrected chi connectivity index (χ0v) is 12.9. The van der Waals surface area contributed by atoms with Crippen LogP contribution in [0.25, 0.3) is 0 Å². The van der Waals surface area contributed by atoms with E-state index >= 15 is 0 Å². The van der Waals surface area contributed by atoms with Crippen molar-refractivity contribution in [3.05, 3.63) is 46.3 Å². The van der Waals surface area contributed by atoms with Gasteiger partial charge in [0.15, 0.2) is 0 Å². The van der Waals surface area contributed by atoms with Gasteiger partial charge in [-0.15, -0.1) is 0 Å². The summed E-state index contributed by atoms with van der Waals surface area (Å²) in [6.07, 6.45) is -3.68. The molecule has 1 unspecified atom stereocenters. The number of amidine groups is 1. The zero-order chi connectivity index (χ0) is 16.5. The van der Waals surface area contributed by atoms with Crippen LogP contribution in [0.15, 0.2) is 39.9 Å². The highest BCUT2D eigenvalue weighted by atomic mass is 79.9. The number of halogens is 5. The van der Waals surface area contributed by atoms with Crippen LogP contribution in [0.1, 0.15) is 18.9 Å². The van der Waals surface area contributed by atoms with Crippen LogP contribution in [0, 0.1) is 5.82 Å². The van der Waals surface area contributed by atoms with Crippen LogP contribution in [0.4, 0.5) is 17.6 Å². The van der Waals surface area contributed by atoms with Gasteiger partial charge in [-0.2, -0.15) is 13.2 Å². The Bertz CT molecular complexity index is 669. The zero-order valence-electron chi connectivity index (χ0n) is 11.3. The van der Waals surface area contributed by atoms with Crippen LogP contribution >= 0.6 is 15.9 Å². The standard InChI is InChI=1S/C14H11BrF4N2O/c1-8(22)21-12-7-13(4-5-20-12,14(17,18)19)10-3-2-9(15)6-11(10)16/h2-6H,7H2,1H3,(H,20,21,22). The van der Waals surface area contributed by atoms with Crippen molar-refractivity contribution in [3.63, 3.8) is 0 Å². The second-order valence-corrected chi connectivity index (χ2v) is 5.76. The van der Waals surface area contributed by atoms with E-state index in [1.807, 2.05) is 0 Å². The molecule has 1 aliphatic heterocycles. The van der Waals surface area contributed by atoms with Crippen LogP contribution in [0.2, 0.25) is 0 Å². The Kier molecular flexibility index (Phi) is 4.42. The predicted octanol–water partition coefficient (Wildman–Crippen LogP) is 3.84. The molecule has 1 heterocycles. The van der Waals surface area contributed by atoms with E-state index in [4.69, 9.17) is 0 Å². The van der Waals surface area contributed by atoms with Crippen molar-refractivity contribution >= 4 is 27.7 Å². The third-order valence-corrected chi connectivity index (χ3v) is 3.77. The predicted molar refractivity (Wildman–Crippen MR) is 76.8 cm³/mol. The number of hydrogen-bond donors (Lipinski definition) is 1. The lowest BCUT2D eigenvalue weighted by Crippen LogP contribution is -2.47. The van der Waals surface area contributed by atoms with E-state index < -0.39 is 35.3 Å². The number of hydrogen-bond acceptors (Lipinski definition) is 2. The molecule has 1 aromatic rings. The molecule has 0 fully saturated rings. The molecule has 0 radical (unpaired) electrons. The van der Waals surface area contributed by atoms with Crippen molar-refractivity contribution in [3.8, 4) is 0 Å². The van der Waals surface area contributed by atoms with Gasteiger partial charge in [0.25, 0.3) is 0 Å². The van der Waals surface area contributed by atoms with Crippen LogP contribution < -0.4 is 5.32 Å². The fourth-order valence-electron chi connectivity index (χ4n) is 2.29. The first-order chi connectivity index (χ1) is 10.2. The lowest BCUT2D eigenvalue weighted by molar-refractivity contribution is -0.175. The maximum absolute atomic E-state index is 14.1. The van der Waals surface area contributed by atoms with E-state index in [2.05, 4.69) is 26.2 Å². The molecule has 3 nitrogen and oxygen atoms in total. The van der Waals surface area contributed by atoms with Gasteiger partial charge < -0.3 is 5.32 Å². The van der Waals surface area contributed by atoms with Crippen LogP contribution in [-0.2, 0) is 10.2 Å². The molecule has 1 aliphatic rings. The van der Waals surface area contributed by atoms with E-state index in [0.29, 0.717) is 4.47 Å². The largest absolute Gasteiger partial charge is 0.402 e. The molecule has 1 atom stereocenters. The molecule has 1 N–H and O–H groups in total. The Hall–Kier alpha value is -1.70. The lowest BCUT2D eigenvalue weighted by Gasteiger charge is -2.35. The monoisotopic (exact) mass is 378 g/mol. The molecule has 0 aliphatic carbocycles. The number of amides is 1. The first-order valence-electron chi connectivity index (χ1n) is 6.20. The van der Waals surface area contributed by atoms with Crippen molar-refractivity contribution in [2.75, 3.05) is 0 Å². The fraction of sp³-hybridized carbons (Fsp3) is 0.286. The molecule has 0 spiro atoms. The summed E-state index contributed by atoms with van der Waals surface area (Å²) in [7, 11) is 0. The minimum atomic E-state index is -4.75. The number of nitrogens with one attached hydrogen (secondary N) is 1. The van der Waals surface area contributed by atoms with Crippen molar-refractivity contribution in [2.45, 2.75) is 24.9 Å².